The molecular formula is C24H36F3NO6. The van der Waals surface area contributed by atoms with Crippen molar-refractivity contribution in [3.63, 3.8) is 0 Å². The van der Waals surface area contributed by atoms with Gasteiger partial charge in [-0.2, -0.15) is 13.2 Å². The van der Waals surface area contributed by atoms with Crippen LogP contribution in [0, 0.1) is 5.92 Å². The van der Waals surface area contributed by atoms with Crippen molar-refractivity contribution in [3.05, 3.63) is 29.8 Å². The molecule has 1 aromatic rings. The van der Waals surface area contributed by atoms with Crippen LogP contribution in [0.25, 0.3) is 0 Å². The molecule has 0 bridgehead atoms. The Morgan fingerprint density at radius 3 is 2.29 bits per heavy atom. The fourth-order valence-corrected chi connectivity index (χ4v) is 3.06. The number of alkyl halides is 3. The van der Waals surface area contributed by atoms with Gasteiger partial charge in [0, 0.05) is 26.0 Å². The molecule has 1 amide bonds. The molecule has 0 saturated heterocycles. The van der Waals surface area contributed by atoms with Crippen LogP contribution in [-0.4, -0.2) is 67.3 Å². The molecule has 1 atom stereocenters. The van der Waals surface area contributed by atoms with Gasteiger partial charge in [0.25, 0.3) is 0 Å². The Kier molecular flexibility index (Phi) is 13.4. The van der Waals surface area contributed by atoms with Gasteiger partial charge in [-0.25, -0.2) is 9.59 Å². The zero-order valence-electron chi connectivity index (χ0n) is 20.1. The minimum atomic E-state index is -4.17. The number of carbonyl (C=O) groups excluding carboxylic acids is 1. The van der Waals surface area contributed by atoms with Gasteiger partial charge in [0.05, 0.1) is 13.2 Å². The van der Waals surface area contributed by atoms with E-state index >= 15 is 0 Å². The van der Waals surface area contributed by atoms with Gasteiger partial charge in [0.2, 0.25) is 0 Å². The number of hydrogen-bond donors (Lipinski definition) is 1. The molecule has 34 heavy (non-hydrogen) atoms. The second-order valence-electron chi connectivity index (χ2n) is 8.36. The summed E-state index contributed by atoms with van der Waals surface area (Å²) < 4.78 is 53.1. The molecule has 0 aliphatic carbocycles. The lowest BCUT2D eigenvalue weighted by atomic mass is 10.1. The van der Waals surface area contributed by atoms with E-state index in [9.17, 15) is 27.9 Å². The zero-order chi connectivity index (χ0) is 25.6. The number of carbonyl (C=O) groups is 2. The lowest BCUT2D eigenvalue weighted by Crippen LogP contribution is -2.36. The second-order valence-corrected chi connectivity index (χ2v) is 8.36. The summed E-state index contributed by atoms with van der Waals surface area (Å²) in [6, 6.07) is 6.91. The van der Waals surface area contributed by atoms with Crippen molar-refractivity contribution in [3.8, 4) is 5.75 Å². The number of ether oxygens (including phenoxy) is 3. The van der Waals surface area contributed by atoms with Crippen molar-refractivity contribution in [2.75, 3.05) is 32.9 Å². The van der Waals surface area contributed by atoms with Gasteiger partial charge < -0.3 is 24.2 Å². The molecule has 0 fully saturated rings. The predicted octanol–water partition coefficient (Wildman–Crippen LogP) is 5.31. The lowest BCUT2D eigenvalue weighted by Gasteiger charge is -2.23. The van der Waals surface area contributed by atoms with Crippen molar-refractivity contribution in [1.29, 1.82) is 0 Å². The Balaban J connectivity index is 2.55. The number of aliphatic carboxylic acids is 1. The van der Waals surface area contributed by atoms with Crippen LogP contribution in [0.15, 0.2) is 24.3 Å². The molecule has 1 unspecified atom stereocenters. The molecule has 0 radical (unpaired) electrons. The number of halogens is 3. The van der Waals surface area contributed by atoms with Crippen LogP contribution in [0.5, 0.6) is 5.75 Å². The summed E-state index contributed by atoms with van der Waals surface area (Å²) in [5.74, 6) is -0.312. The minimum Gasteiger partial charge on any atom is -0.492 e. The summed E-state index contributed by atoms with van der Waals surface area (Å²) in [6.07, 6.45) is -5.39. The summed E-state index contributed by atoms with van der Waals surface area (Å²) in [5, 5.41) is 9.19. The van der Waals surface area contributed by atoms with Gasteiger partial charge in [0.1, 0.15) is 12.4 Å². The van der Waals surface area contributed by atoms with E-state index in [-0.39, 0.29) is 45.1 Å². The molecule has 0 saturated carbocycles. The van der Waals surface area contributed by atoms with Crippen molar-refractivity contribution >= 4 is 12.1 Å². The average Bonchev–Trinajstić information content (AvgIpc) is 2.76. The highest BCUT2D eigenvalue weighted by atomic mass is 19.4. The number of carboxylic acids is 1. The van der Waals surface area contributed by atoms with Gasteiger partial charge in [-0.3, -0.25) is 0 Å². The Bertz CT molecular complexity index is 724. The number of carboxylic acid groups (broad SMARTS) is 1. The Morgan fingerprint density at radius 1 is 1.06 bits per heavy atom. The van der Waals surface area contributed by atoms with Gasteiger partial charge in [-0.05, 0) is 43.4 Å². The van der Waals surface area contributed by atoms with E-state index < -0.39 is 30.8 Å². The number of rotatable bonds is 16. The molecule has 0 spiro atoms. The monoisotopic (exact) mass is 491 g/mol. The maximum atomic E-state index is 12.4. The van der Waals surface area contributed by atoms with E-state index in [1.165, 1.54) is 4.90 Å². The third-order valence-corrected chi connectivity index (χ3v) is 4.80. The Hall–Kier alpha value is -2.49. The Labute approximate surface area is 199 Å². The SMILES string of the molecule is CCOC(Cc1ccc(OCCN(CCCCCC(F)(F)F)C(=O)OCC(C)C)cc1)C(=O)O. The fraction of sp³-hybridized carbons (Fsp3) is 0.667. The van der Waals surface area contributed by atoms with Gasteiger partial charge in [-0.15, -0.1) is 0 Å². The van der Waals surface area contributed by atoms with Crippen molar-refractivity contribution < 1.29 is 42.1 Å². The third-order valence-electron chi connectivity index (χ3n) is 4.80. The quantitative estimate of drug-likeness (QED) is 0.315. The van der Waals surface area contributed by atoms with Crippen LogP contribution in [0.3, 0.4) is 0 Å². The highest BCUT2D eigenvalue weighted by molar-refractivity contribution is 5.72. The molecule has 10 heteroatoms. The second kappa shape index (κ2) is 15.4. The fourth-order valence-electron chi connectivity index (χ4n) is 3.06. The average molecular weight is 492 g/mol. The smallest absolute Gasteiger partial charge is 0.409 e. The summed E-state index contributed by atoms with van der Waals surface area (Å²) >= 11 is 0. The van der Waals surface area contributed by atoms with Crippen LogP contribution in [-0.2, 0) is 20.7 Å². The zero-order valence-corrected chi connectivity index (χ0v) is 20.1. The van der Waals surface area contributed by atoms with Crippen molar-refractivity contribution in [1.82, 2.24) is 4.90 Å². The first-order valence-electron chi connectivity index (χ1n) is 11.6. The molecular weight excluding hydrogens is 455 g/mol. The number of nitrogens with zero attached hydrogens (tertiary/aromatic N) is 1. The molecule has 194 valence electrons. The highest BCUT2D eigenvalue weighted by Gasteiger charge is 2.26. The van der Waals surface area contributed by atoms with Crippen LogP contribution in [0.2, 0.25) is 0 Å². The number of amides is 1. The molecule has 1 rings (SSSR count). The standard InChI is InChI=1S/C24H36F3NO6/c1-4-32-21(22(29)30)16-19-8-10-20(11-9-19)33-15-14-28(23(31)34-17-18(2)3)13-7-5-6-12-24(25,26)27/h8-11,18,21H,4-7,12-17H2,1-3H3,(H,29,30). The number of unbranched alkanes of at least 4 members (excludes halogenated alkanes) is 2. The normalized spacial score (nSPS) is 12.4. The maximum Gasteiger partial charge on any atom is 0.409 e. The van der Waals surface area contributed by atoms with E-state index in [4.69, 9.17) is 14.2 Å². The van der Waals surface area contributed by atoms with Crippen LogP contribution in [0.1, 0.15) is 52.0 Å². The first-order valence-corrected chi connectivity index (χ1v) is 11.6. The van der Waals surface area contributed by atoms with E-state index in [1.54, 1.807) is 31.2 Å². The Morgan fingerprint density at radius 2 is 1.74 bits per heavy atom. The molecule has 0 aromatic heterocycles. The first kappa shape index (κ1) is 29.5. The van der Waals surface area contributed by atoms with Crippen LogP contribution >= 0.6 is 0 Å². The number of hydrogen-bond acceptors (Lipinski definition) is 5. The minimum absolute atomic E-state index is 0.0211. The van der Waals surface area contributed by atoms with E-state index in [0.29, 0.717) is 25.2 Å². The lowest BCUT2D eigenvalue weighted by molar-refractivity contribution is -0.150. The summed E-state index contributed by atoms with van der Waals surface area (Å²) in [7, 11) is 0. The van der Waals surface area contributed by atoms with Crippen molar-refractivity contribution in [2.24, 2.45) is 5.92 Å². The molecule has 7 nitrogen and oxygen atoms in total. The summed E-state index contributed by atoms with van der Waals surface area (Å²) in [4.78, 5) is 25.0. The van der Waals surface area contributed by atoms with Crippen LogP contribution < -0.4 is 4.74 Å². The molecule has 0 heterocycles. The molecule has 1 aromatic carbocycles. The maximum absolute atomic E-state index is 12.4. The van der Waals surface area contributed by atoms with Crippen LogP contribution in [0.4, 0.5) is 18.0 Å². The number of benzene rings is 1. The van der Waals surface area contributed by atoms with Gasteiger partial charge >= 0.3 is 18.2 Å². The van der Waals surface area contributed by atoms with Gasteiger partial charge in [0.15, 0.2) is 6.10 Å². The third kappa shape index (κ3) is 13.3. The first-order chi connectivity index (χ1) is 16.0. The van der Waals surface area contributed by atoms with Crippen molar-refractivity contribution in [2.45, 2.75) is 65.2 Å². The van der Waals surface area contributed by atoms with E-state index in [0.717, 1.165) is 5.56 Å². The molecule has 1 N–H and O–H groups in total. The highest BCUT2D eigenvalue weighted by Crippen LogP contribution is 2.22. The molecule has 0 aliphatic heterocycles. The topological polar surface area (TPSA) is 85.3 Å². The van der Waals surface area contributed by atoms with E-state index in [2.05, 4.69) is 0 Å². The molecule has 0 aliphatic rings. The summed E-state index contributed by atoms with van der Waals surface area (Å²) in [5.41, 5.74) is 0.783. The largest absolute Gasteiger partial charge is 0.492 e. The summed E-state index contributed by atoms with van der Waals surface area (Å²) in [6.45, 7) is 6.80. The van der Waals surface area contributed by atoms with Gasteiger partial charge in [-0.1, -0.05) is 32.4 Å². The predicted molar refractivity (Wildman–Crippen MR) is 121 cm³/mol. The van der Waals surface area contributed by atoms with E-state index in [1.807, 2.05) is 13.8 Å².